The number of aliphatic hydroxyl groups is 1. The fraction of sp³-hybridized carbons (Fsp3) is 0.485. The molecule has 2 aliphatic heterocycles. The number of unbranched alkanes of at least 4 members (excludes halogenated alkanes) is 1. The van der Waals surface area contributed by atoms with Crippen LogP contribution in [-0.4, -0.2) is 85.5 Å². The van der Waals surface area contributed by atoms with Crippen LogP contribution >= 0.6 is 0 Å². The van der Waals surface area contributed by atoms with Crippen molar-refractivity contribution in [3.8, 4) is 11.1 Å². The number of sulfonamides is 1. The molecule has 45 heavy (non-hydrogen) atoms. The number of nitrogens with zero attached hydrogens (tertiary/aromatic N) is 3. The maximum atomic E-state index is 13.7. The van der Waals surface area contributed by atoms with E-state index in [1.807, 2.05) is 62.9 Å². The Kier molecular flexibility index (Phi) is 11.1. The Balaban J connectivity index is 1.46. The van der Waals surface area contributed by atoms with Crippen LogP contribution in [0.1, 0.15) is 58.9 Å². The number of hydrogen-bond acceptors (Lipinski definition) is 8. The molecule has 0 radical (unpaired) electrons. The van der Waals surface area contributed by atoms with Gasteiger partial charge in [-0.2, -0.15) is 4.31 Å². The summed E-state index contributed by atoms with van der Waals surface area (Å²) < 4.78 is 32.8. The van der Waals surface area contributed by atoms with E-state index >= 15 is 0 Å². The van der Waals surface area contributed by atoms with Crippen LogP contribution in [-0.2, 0) is 19.6 Å². The highest BCUT2D eigenvalue weighted by Crippen LogP contribution is 2.34. The van der Waals surface area contributed by atoms with Crippen LogP contribution in [0.2, 0.25) is 0 Å². The van der Waals surface area contributed by atoms with Crippen molar-refractivity contribution in [3.05, 3.63) is 53.6 Å². The zero-order valence-electron chi connectivity index (χ0n) is 26.6. The number of rotatable bonds is 12. The van der Waals surface area contributed by atoms with Gasteiger partial charge in [-0.3, -0.25) is 4.79 Å². The highest BCUT2D eigenvalue weighted by molar-refractivity contribution is 7.89. The molecule has 2 heterocycles. The van der Waals surface area contributed by atoms with Gasteiger partial charge in [0.15, 0.2) is 0 Å². The van der Waals surface area contributed by atoms with E-state index in [2.05, 4.69) is 10.3 Å². The normalized spacial score (nSPS) is 15.7. The number of carbonyl (C=O) groups is 2. The Morgan fingerprint density at radius 1 is 1.11 bits per heavy atom. The molecule has 0 spiro atoms. The standard InChI is InChI=1S/C33H45N5O6S/c1-5-14-37(15-7-6-13-35-32(41)44-33(2,3)4)31(40)27-16-26-12-11-25(18-29(26)36-30(34)19-27)24-9-8-10-28(17-24)45(42,43)38-20-23(21-38)22-39/h8-12,16-18,23,39H,5-7,13-15,19-22H2,1-4H3,(H2,34,36)(H,35,41). The predicted octanol–water partition coefficient (Wildman–Crippen LogP) is 4.29. The summed E-state index contributed by atoms with van der Waals surface area (Å²) in [6.07, 6.45) is 3.80. The maximum absolute atomic E-state index is 13.7. The number of nitrogens with one attached hydrogen (secondary N) is 1. The molecule has 1 saturated heterocycles. The summed E-state index contributed by atoms with van der Waals surface area (Å²) in [5.41, 5.74) is 9.13. The molecule has 0 atom stereocenters. The maximum Gasteiger partial charge on any atom is 0.407 e. The minimum Gasteiger partial charge on any atom is -0.444 e. The molecule has 2 aromatic rings. The number of amides is 2. The third kappa shape index (κ3) is 8.93. The second kappa shape index (κ2) is 14.6. The van der Waals surface area contributed by atoms with E-state index in [9.17, 15) is 23.1 Å². The Labute approximate surface area is 266 Å². The van der Waals surface area contributed by atoms with Crippen molar-refractivity contribution in [2.45, 2.75) is 63.9 Å². The van der Waals surface area contributed by atoms with Gasteiger partial charge in [-0.25, -0.2) is 18.2 Å². The number of carbonyl (C=O) groups excluding carboxylic acids is 2. The molecule has 0 bridgehead atoms. The molecule has 2 aliphatic rings. The van der Waals surface area contributed by atoms with E-state index in [4.69, 9.17) is 10.5 Å². The van der Waals surface area contributed by atoms with Gasteiger partial charge in [-0.1, -0.05) is 31.2 Å². The number of alkyl carbamates (subject to hydrolysis) is 1. The minimum absolute atomic E-state index is 0.0251. The zero-order valence-corrected chi connectivity index (χ0v) is 27.4. The topological polar surface area (TPSA) is 155 Å². The van der Waals surface area contributed by atoms with Crippen molar-refractivity contribution in [1.82, 2.24) is 14.5 Å². The molecule has 0 unspecified atom stereocenters. The molecule has 0 aliphatic carbocycles. The number of amidine groups is 1. The molecular weight excluding hydrogens is 594 g/mol. The summed E-state index contributed by atoms with van der Waals surface area (Å²) in [5, 5.41) is 12.0. The van der Waals surface area contributed by atoms with Crippen LogP contribution in [0.25, 0.3) is 17.2 Å². The number of aliphatic imine (C=N–C) groups is 1. The number of hydrogen-bond donors (Lipinski definition) is 3. The van der Waals surface area contributed by atoms with Gasteiger partial charge < -0.3 is 25.8 Å². The lowest BCUT2D eigenvalue weighted by atomic mass is 10.0. The third-order valence-electron chi connectivity index (χ3n) is 7.56. The van der Waals surface area contributed by atoms with Crippen molar-refractivity contribution in [1.29, 1.82) is 0 Å². The van der Waals surface area contributed by atoms with Gasteiger partial charge in [-0.15, -0.1) is 0 Å². The second-order valence-corrected chi connectivity index (χ2v) is 14.5. The summed E-state index contributed by atoms with van der Waals surface area (Å²) in [7, 11) is -3.66. The smallest absolute Gasteiger partial charge is 0.407 e. The summed E-state index contributed by atoms with van der Waals surface area (Å²) in [6, 6.07) is 12.4. The minimum atomic E-state index is -3.66. The zero-order chi connectivity index (χ0) is 32.8. The number of ether oxygens (including phenoxy) is 1. The van der Waals surface area contributed by atoms with Gasteiger partial charge >= 0.3 is 6.09 Å². The molecule has 2 amide bonds. The van der Waals surface area contributed by atoms with Gasteiger partial charge in [0.05, 0.1) is 10.6 Å². The van der Waals surface area contributed by atoms with Crippen molar-refractivity contribution < 1.29 is 27.9 Å². The number of fused-ring (bicyclic) bond motifs is 1. The van der Waals surface area contributed by atoms with Crippen LogP contribution in [0, 0.1) is 5.92 Å². The van der Waals surface area contributed by atoms with Crippen LogP contribution in [0.4, 0.5) is 10.5 Å². The lowest BCUT2D eigenvalue weighted by Crippen LogP contribution is -2.51. The van der Waals surface area contributed by atoms with Gasteiger partial charge in [0.1, 0.15) is 11.4 Å². The van der Waals surface area contributed by atoms with Crippen molar-refractivity contribution in [3.63, 3.8) is 0 Å². The fourth-order valence-electron chi connectivity index (χ4n) is 5.25. The molecule has 0 saturated carbocycles. The van der Waals surface area contributed by atoms with Gasteiger partial charge in [0.25, 0.3) is 0 Å². The SMILES string of the molecule is CCCN(CCCCNC(=O)OC(C)(C)C)C(=O)C1=Cc2ccc(-c3cccc(S(=O)(=O)N4CC(CO)C4)c3)cc2N=C(N)C1. The Hall–Kier alpha value is -3.74. The molecule has 2 aromatic carbocycles. The Morgan fingerprint density at radius 2 is 1.84 bits per heavy atom. The van der Waals surface area contributed by atoms with E-state index in [1.54, 1.807) is 18.2 Å². The molecule has 244 valence electrons. The first-order chi connectivity index (χ1) is 21.3. The Morgan fingerprint density at radius 3 is 2.53 bits per heavy atom. The van der Waals surface area contributed by atoms with Crippen LogP contribution in [0.15, 0.2) is 57.9 Å². The van der Waals surface area contributed by atoms with E-state index in [-0.39, 0.29) is 29.7 Å². The summed E-state index contributed by atoms with van der Waals surface area (Å²) in [6.45, 7) is 9.65. The van der Waals surface area contributed by atoms with Crippen LogP contribution in [0.5, 0.6) is 0 Å². The van der Waals surface area contributed by atoms with Crippen molar-refractivity contribution >= 4 is 39.6 Å². The number of aliphatic hydroxyl groups excluding tert-OH is 1. The number of benzene rings is 2. The van der Waals surface area contributed by atoms with Gasteiger partial charge in [0, 0.05) is 62.8 Å². The fourth-order valence-corrected chi connectivity index (χ4v) is 6.89. The third-order valence-corrected chi connectivity index (χ3v) is 9.39. The van der Waals surface area contributed by atoms with E-state index < -0.39 is 21.7 Å². The molecule has 1 fully saturated rings. The summed E-state index contributed by atoms with van der Waals surface area (Å²) in [4.78, 5) is 32.2. The second-order valence-electron chi connectivity index (χ2n) is 12.5. The Bertz CT molecular complexity index is 1560. The largest absolute Gasteiger partial charge is 0.444 e. The molecule has 4 rings (SSSR count). The molecular formula is C33H45N5O6S. The molecule has 12 heteroatoms. The van der Waals surface area contributed by atoms with Gasteiger partial charge in [0.2, 0.25) is 15.9 Å². The van der Waals surface area contributed by atoms with E-state index in [0.717, 1.165) is 17.5 Å². The van der Waals surface area contributed by atoms with Crippen molar-refractivity contribution in [2.75, 3.05) is 39.3 Å². The van der Waals surface area contributed by atoms with E-state index in [1.165, 1.54) is 4.31 Å². The monoisotopic (exact) mass is 639 g/mol. The first kappa shape index (κ1) is 34.1. The van der Waals surface area contributed by atoms with E-state index in [0.29, 0.717) is 68.2 Å². The average Bonchev–Trinajstić information content (AvgIpc) is 3.12. The first-order valence-corrected chi connectivity index (χ1v) is 16.9. The summed E-state index contributed by atoms with van der Waals surface area (Å²) >= 11 is 0. The highest BCUT2D eigenvalue weighted by Gasteiger charge is 2.36. The number of nitrogens with two attached hydrogens (primary N) is 1. The van der Waals surface area contributed by atoms with Crippen LogP contribution < -0.4 is 11.1 Å². The predicted molar refractivity (Wildman–Crippen MR) is 175 cm³/mol. The van der Waals surface area contributed by atoms with Crippen molar-refractivity contribution in [2.24, 2.45) is 16.6 Å². The van der Waals surface area contributed by atoms with Crippen LogP contribution in [0.3, 0.4) is 0 Å². The quantitative estimate of drug-likeness (QED) is 0.293. The first-order valence-electron chi connectivity index (χ1n) is 15.5. The lowest BCUT2D eigenvalue weighted by molar-refractivity contribution is -0.127. The molecule has 11 nitrogen and oxygen atoms in total. The lowest BCUT2D eigenvalue weighted by Gasteiger charge is -2.36. The molecule has 0 aromatic heterocycles. The average molecular weight is 640 g/mol. The highest BCUT2D eigenvalue weighted by atomic mass is 32.2. The summed E-state index contributed by atoms with van der Waals surface area (Å²) in [5.74, 6) is 0.193. The molecule has 4 N–H and O–H groups in total. The van der Waals surface area contributed by atoms with Gasteiger partial charge in [-0.05, 0) is 75.4 Å².